The van der Waals surface area contributed by atoms with E-state index >= 15 is 0 Å². The van der Waals surface area contributed by atoms with Crippen LogP contribution in [0.5, 0.6) is 11.5 Å². The van der Waals surface area contributed by atoms with Gasteiger partial charge in [-0.1, -0.05) is 23.2 Å². The zero-order chi connectivity index (χ0) is 21.2. The van der Waals surface area contributed by atoms with Gasteiger partial charge in [0.2, 0.25) is 0 Å². The molecule has 0 amide bonds. The van der Waals surface area contributed by atoms with Crippen LogP contribution < -0.4 is 0 Å². The molecule has 6 nitrogen and oxygen atoms in total. The van der Waals surface area contributed by atoms with Crippen LogP contribution >= 0.6 is 35.0 Å². The lowest BCUT2D eigenvalue weighted by molar-refractivity contribution is 0.111. The summed E-state index contributed by atoms with van der Waals surface area (Å²) in [6.45, 7) is 1.04. The van der Waals surface area contributed by atoms with Crippen LogP contribution in [0.2, 0.25) is 10.0 Å². The molecule has 0 aromatic heterocycles. The van der Waals surface area contributed by atoms with Crippen molar-refractivity contribution in [1.82, 2.24) is 0 Å². The lowest BCUT2D eigenvalue weighted by Crippen LogP contribution is -1.95. The minimum Gasteiger partial charge on any atom is -0.507 e. The number of aliphatic imine (C=N–C) groups is 2. The number of rotatable bonds is 10. The summed E-state index contributed by atoms with van der Waals surface area (Å²) < 4.78 is 0. The molecule has 0 aliphatic rings. The zero-order valence-corrected chi connectivity index (χ0v) is 17.5. The second-order valence-electron chi connectivity index (χ2n) is 5.78. The van der Waals surface area contributed by atoms with Crippen molar-refractivity contribution < 1.29 is 19.8 Å². The molecule has 2 aromatic rings. The third kappa shape index (κ3) is 6.88. The highest BCUT2D eigenvalue weighted by molar-refractivity contribution is 7.99. The molecular formula is C20H18Cl2N2O4S. The van der Waals surface area contributed by atoms with Crippen molar-refractivity contribution in [3.63, 3.8) is 0 Å². The van der Waals surface area contributed by atoms with Crippen molar-refractivity contribution in [3.05, 3.63) is 56.6 Å². The van der Waals surface area contributed by atoms with Crippen LogP contribution in [0.1, 0.15) is 31.8 Å². The molecule has 0 saturated heterocycles. The Hall–Kier alpha value is -2.35. The van der Waals surface area contributed by atoms with Gasteiger partial charge in [0.1, 0.15) is 11.5 Å². The number of hydrogen-bond donors (Lipinski definition) is 2. The monoisotopic (exact) mass is 452 g/mol. The number of aromatic hydroxyl groups is 2. The Morgan fingerprint density at radius 2 is 1.14 bits per heavy atom. The summed E-state index contributed by atoms with van der Waals surface area (Å²) in [6, 6.07) is 5.86. The first-order chi connectivity index (χ1) is 14.0. The summed E-state index contributed by atoms with van der Waals surface area (Å²) in [5.41, 5.74) is 1.03. The fraction of sp³-hybridized carbons (Fsp3) is 0.200. The second-order valence-corrected chi connectivity index (χ2v) is 7.88. The van der Waals surface area contributed by atoms with Gasteiger partial charge in [-0.3, -0.25) is 19.6 Å². The van der Waals surface area contributed by atoms with Crippen molar-refractivity contribution in [2.45, 2.75) is 0 Å². The molecule has 152 valence electrons. The topological polar surface area (TPSA) is 99.3 Å². The molecule has 2 aromatic carbocycles. The summed E-state index contributed by atoms with van der Waals surface area (Å²) in [5.74, 6) is 1.20. The maximum atomic E-state index is 10.9. The molecule has 0 aliphatic carbocycles. The molecule has 0 bridgehead atoms. The predicted molar refractivity (Wildman–Crippen MR) is 119 cm³/mol. The predicted octanol–water partition coefficient (Wildman–Crippen LogP) is 4.30. The Morgan fingerprint density at radius 3 is 1.52 bits per heavy atom. The summed E-state index contributed by atoms with van der Waals surface area (Å²) in [6.07, 6.45) is 4.05. The minimum atomic E-state index is -0.142. The highest BCUT2D eigenvalue weighted by Crippen LogP contribution is 2.25. The Balaban J connectivity index is 1.76. The van der Waals surface area contributed by atoms with Crippen LogP contribution in [-0.4, -0.2) is 59.8 Å². The molecule has 0 spiro atoms. The van der Waals surface area contributed by atoms with E-state index in [2.05, 4.69) is 9.98 Å². The van der Waals surface area contributed by atoms with Gasteiger partial charge in [-0.2, -0.15) is 11.8 Å². The first-order valence-electron chi connectivity index (χ1n) is 8.49. The average Bonchev–Trinajstić information content (AvgIpc) is 2.70. The standard InChI is InChI=1S/C20H18Cl2N2O4S/c21-17-5-13(19(27)15(7-17)11-25)9-23-1-3-29-4-2-24-10-14-6-18(22)8-16(12-26)20(14)28/h5-12,27-28H,1-4H2. The number of carbonyl (C=O) groups excluding carboxylic acids is 2. The van der Waals surface area contributed by atoms with E-state index in [9.17, 15) is 19.8 Å². The van der Waals surface area contributed by atoms with E-state index in [1.165, 1.54) is 36.7 Å². The summed E-state index contributed by atoms with van der Waals surface area (Å²) in [4.78, 5) is 30.2. The van der Waals surface area contributed by atoms with Crippen LogP contribution in [-0.2, 0) is 0 Å². The van der Waals surface area contributed by atoms with Crippen LogP contribution in [0.4, 0.5) is 0 Å². The SMILES string of the molecule is O=Cc1cc(Cl)cc(C=NCCSCCN=Cc2cc(Cl)cc(C=O)c2O)c1O. The van der Waals surface area contributed by atoms with Gasteiger partial charge in [-0.15, -0.1) is 0 Å². The number of phenolic OH excluding ortho intramolecular Hbond substituents is 2. The van der Waals surface area contributed by atoms with Crippen molar-refractivity contribution >= 4 is 60.0 Å². The fourth-order valence-corrected chi connectivity index (χ4v) is 3.47. The van der Waals surface area contributed by atoms with Crippen LogP contribution in [0, 0.1) is 0 Å². The molecular weight excluding hydrogens is 435 g/mol. The lowest BCUT2D eigenvalue weighted by Gasteiger charge is -2.03. The average molecular weight is 453 g/mol. The van der Waals surface area contributed by atoms with E-state index in [0.29, 0.717) is 46.8 Å². The van der Waals surface area contributed by atoms with Gasteiger partial charge in [-0.05, 0) is 24.3 Å². The third-order valence-electron chi connectivity index (χ3n) is 3.71. The number of halogens is 2. The lowest BCUT2D eigenvalue weighted by atomic mass is 10.1. The molecule has 9 heteroatoms. The molecule has 0 heterocycles. The van der Waals surface area contributed by atoms with Gasteiger partial charge < -0.3 is 10.2 Å². The highest BCUT2D eigenvalue weighted by atomic mass is 35.5. The fourth-order valence-electron chi connectivity index (χ4n) is 2.32. The molecule has 0 unspecified atom stereocenters. The van der Waals surface area contributed by atoms with Crippen molar-refractivity contribution in [1.29, 1.82) is 0 Å². The summed E-state index contributed by atoms with van der Waals surface area (Å²) >= 11 is 13.4. The highest BCUT2D eigenvalue weighted by Gasteiger charge is 2.08. The third-order valence-corrected chi connectivity index (χ3v) is 5.09. The van der Waals surface area contributed by atoms with E-state index in [4.69, 9.17) is 23.2 Å². The Kier molecular flexibility index (Phi) is 9.18. The second kappa shape index (κ2) is 11.6. The number of phenols is 2. The van der Waals surface area contributed by atoms with Gasteiger partial charge in [0, 0.05) is 58.2 Å². The van der Waals surface area contributed by atoms with Crippen molar-refractivity contribution in [2.24, 2.45) is 9.98 Å². The molecule has 0 atom stereocenters. The Labute approximate surface area is 182 Å². The van der Waals surface area contributed by atoms with Crippen molar-refractivity contribution in [2.75, 3.05) is 24.6 Å². The molecule has 0 fully saturated rings. The maximum Gasteiger partial charge on any atom is 0.153 e. The first-order valence-corrected chi connectivity index (χ1v) is 10.4. The number of thioether (sulfide) groups is 1. The number of benzene rings is 2. The van der Waals surface area contributed by atoms with Gasteiger partial charge in [-0.25, -0.2) is 0 Å². The van der Waals surface area contributed by atoms with E-state index in [-0.39, 0.29) is 22.6 Å². The van der Waals surface area contributed by atoms with E-state index in [0.717, 1.165) is 11.5 Å². The van der Waals surface area contributed by atoms with E-state index < -0.39 is 0 Å². The molecule has 2 rings (SSSR count). The minimum absolute atomic E-state index is 0.122. The normalized spacial score (nSPS) is 11.4. The number of hydrogen-bond acceptors (Lipinski definition) is 7. The Bertz CT molecular complexity index is 873. The molecule has 0 aliphatic heterocycles. The number of aldehydes is 2. The summed E-state index contributed by atoms with van der Waals surface area (Å²) in [7, 11) is 0. The Morgan fingerprint density at radius 1 is 0.759 bits per heavy atom. The molecule has 0 saturated carbocycles. The maximum absolute atomic E-state index is 10.9. The number of carbonyl (C=O) groups is 2. The van der Waals surface area contributed by atoms with Crippen LogP contribution in [0.25, 0.3) is 0 Å². The smallest absolute Gasteiger partial charge is 0.153 e. The molecule has 2 N–H and O–H groups in total. The van der Waals surface area contributed by atoms with Crippen molar-refractivity contribution in [3.8, 4) is 11.5 Å². The summed E-state index contributed by atoms with van der Waals surface area (Å²) in [5, 5.41) is 20.6. The van der Waals surface area contributed by atoms with E-state index in [1.807, 2.05) is 0 Å². The first kappa shape index (κ1) is 22.9. The largest absolute Gasteiger partial charge is 0.507 e. The number of nitrogens with zero attached hydrogens (tertiary/aromatic N) is 2. The zero-order valence-electron chi connectivity index (χ0n) is 15.2. The van der Waals surface area contributed by atoms with Gasteiger partial charge in [0.15, 0.2) is 12.6 Å². The molecule has 29 heavy (non-hydrogen) atoms. The van der Waals surface area contributed by atoms with Crippen LogP contribution in [0.15, 0.2) is 34.3 Å². The van der Waals surface area contributed by atoms with Gasteiger partial charge >= 0.3 is 0 Å². The van der Waals surface area contributed by atoms with E-state index in [1.54, 1.807) is 11.8 Å². The quantitative estimate of drug-likeness (QED) is 0.318. The van der Waals surface area contributed by atoms with Gasteiger partial charge in [0.05, 0.1) is 11.1 Å². The molecule has 0 radical (unpaired) electrons. The van der Waals surface area contributed by atoms with Crippen LogP contribution in [0.3, 0.4) is 0 Å². The van der Waals surface area contributed by atoms with Gasteiger partial charge in [0.25, 0.3) is 0 Å².